The predicted molar refractivity (Wildman–Crippen MR) is 74.4 cm³/mol. The number of sulfonamides is 1. The Balaban J connectivity index is 2.62. The van der Waals surface area contributed by atoms with Gasteiger partial charge in [-0.25, -0.2) is 13.6 Å². The van der Waals surface area contributed by atoms with Crippen LogP contribution in [0.4, 0.5) is 0 Å². The Morgan fingerprint density at radius 2 is 2.11 bits per heavy atom. The van der Waals surface area contributed by atoms with Crippen LogP contribution in [0.1, 0.15) is 25.8 Å². The van der Waals surface area contributed by atoms with Gasteiger partial charge in [-0.3, -0.25) is 4.57 Å². The van der Waals surface area contributed by atoms with Gasteiger partial charge in [-0.2, -0.15) is 0 Å². The van der Waals surface area contributed by atoms with Crippen molar-refractivity contribution in [2.45, 2.75) is 38.4 Å². The lowest BCUT2D eigenvalue weighted by atomic mass is 10.2. The van der Waals surface area contributed by atoms with Gasteiger partial charge in [-0.15, -0.1) is 21.5 Å². The zero-order chi connectivity index (χ0) is 14.0. The molecule has 0 radical (unpaired) electrons. The first kappa shape index (κ1) is 14.2. The summed E-state index contributed by atoms with van der Waals surface area (Å²) in [5, 5.41) is 14.7. The topological polar surface area (TPSA) is 90.9 Å². The van der Waals surface area contributed by atoms with Crippen LogP contribution in [0.25, 0.3) is 10.7 Å². The third kappa shape index (κ3) is 2.70. The highest BCUT2D eigenvalue weighted by molar-refractivity contribution is 7.89. The summed E-state index contributed by atoms with van der Waals surface area (Å²) in [4.78, 5) is 0.957. The molecule has 2 heterocycles. The molecule has 0 aliphatic rings. The smallest absolute Gasteiger partial charge is 0.273 e. The van der Waals surface area contributed by atoms with Crippen LogP contribution in [0.15, 0.2) is 16.6 Å². The first-order valence-corrected chi connectivity index (χ1v) is 8.44. The highest BCUT2D eigenvalue weighted by Crippen LogP contribution is 2.29. The summed E-state index contributed by atoms with van der Waals surface area (Å²) in [7, 11) is -3.85. The lowest BCUT2D eigenvalue weighted by Crippen LogP contribution is -2.19. The highest BCUT2D eigenvalue weighted by Gasteiger charge is 2.23. The Morgan fingerprint density at radius 3 is 2.68 bits per heavy atom. The Kier molecular flexibility index (Phi) is 4.02. The van der Waals surface area contributed by atoms with Crippen LogP contribution >= 0.6 is 11.3 Å². The van der Waals surface area contributed by atoms with E-state index >= 15 is 0 Å². The monoisotopic (exact) mass is 300 g/mol. The first-order chi connectivity index (χ1) is 8.99. The average Bonchev–Trinajstić information content (AvgIpc) is 2.93. The molecule has 2 rings (SSSR count). The molecular formula is C11H16N4O2S2. The Hall–Kier alpha value is -1.25. The van der Waals surface area contributed by atoms with Crippen LogP contribution in [0.2, 0.25) is 0 Å². The van der Waals surface area contributed by atoms with E-state index in [9.17, 15) is 8.42 Å². The van der Waals surface area contributed by atoms with Crippen molar-refractivity contribution in [1.29, 1.82) is 0 Å². The van der Waals surface area contributed by atoms with E-state index in [2.05, 4.69) is 10.2 Å². The number of nitrogens with zero attached hydrogens (tertiary/aromatic N) is 3. The molecule has 0 aromatic carbocycles. The molecule has 2 aromatic rings. The van der Waals surface area contributed by atoms with Gasteiger partial charge in [0.25, 0.3) is 15.2 Å². The number of hydrogen-bond acceptors (Lipinski definition) is 5. The second kappa shape index (κ2) is 5.40. The van der Waals surface area contributed by atoms with E-state index < -0.39 is 10.0 Å². The van der Waals surface area contributed by atoms with E-state index in [1.165, 1.54) is 11.3 Å². The van der Waals surface area contributed by atoms with Crippen molar-refractivity contribution in [2.24, 2.45) is 5.14 Å². The molecule has 104 valence electrons. The van der Waals surface area contributed by atoms with Crippen molar-refractivity contribution in [3.05, 3.63) is 17.0 Å². The minimum Gasteiger partial charge on any atom is -0.296 e. The zero-order valence-electron chi connectivity index (χ0n) is 10.8. The molecule has 0 aliphatic heterocycles. The third-order valence-corrected chi connectivity index (χ3v) is 4.51. The lowest BCUT2D eigenvalue weighted by Gasteiger charge is -2.07. The van der Waals surface area contributed by atoms with Crippen molar-refractivity contribution in [2.75, 3.05) is 0 Å². The summed E-state index contributed by atoms with van der Waals surface area (Å²) in [6.45, 7) is 4.54. The van der Waals surface area contributed by atoms with Crippen LogP contribution in [-0.4, -0.2) is 23.2 Å². The number of aromatic nitrogens is 3. The van der Waals surface area contributed by atoms with Crippen LogP contribution in [-0.2, 0) is 23.0 Å². The molecule has 0 fully saturated rings. The van der Waals surface area contributed by atoms with Gasteiger partial charge in [-0.05, 0) is 29.9 Å². The van der Waals surface area contributed by atoms with Gasteiger partial charge in [0.05, 0.1) is 4.88 Å². The van der Waals surface area contributed by atoms with E-state index in [4.69, 9.17) is 5.14 Å². The van der Waals surface area contributed by atoms with E-state index in [1.54, 1.807) is 4.57 Å². The van der Waals surface area contributed by atoms with E-state index in [-0.39, 0.29) is 5.16 Å². The molecule has 0 amide bonds. The third-order valence-electron chi connectivity index (χ3n) is 2.75. The predicted octanol–water partition coefficient (Wildman–Crippen LogP) is 1.63. The molecule has 6 nitrogen and oxygen atoms in total. The molecule has 0 spiro atoms. The van der Waals surface area contributed by atoms with Gasteiger partial charge in [-0.1, -0.05) is 13.8 Å². The van der Waals surface area contributed by atoms with Crippen LogP contribution in [0.5, 0.6) is 0 Å². The van der Waals surface area contributed by atoms with Crippen LogP contribution < -0.4 is 5.14 Å². The lowest BCUT2D eigenvalue weighted by molar-refractivity contribution is 0.559. The fourth-order valence-corrected chi connectivity index (χ4v) is 3.53. The maximum Gasteiger partial charge on any atom is 0.273 e. The Morgan fingerprint density at radius 1 is 1.37 bits per heavy atom. The van der Waals surface area contributed by atoms with Gasteiger partial charge in [0.2, 0.25) is 0 Å². The summed E-state index contributed by atoms with van der Waals surface area (Å²) in [6.07, 6.45) is 1.64. The molecule has 0 aliphatic carbocycles. The van der Waals surface area contributed by atoms with Gasteiger partial charge in [0.15, 0.2) is 5.82 Å². The summed E-state index contributed by atoms with van der Waals surface area (Å²) in [6, 6.07) is 2.02. The number of aryl methyl sites for hydroxylation is 1. The minimum absolute atomic E-state index is 0.167. The second-order valence-electron chi connectivity index (χ2n) is 4.13. The van der Waals surface area contributed by atoms with Crippen molar-refractivity contribution in [3.8, 4) is 10.7 Å². The molecule has 0 bridgehead atoms. The van der Waals surface area contributed by atoms with Gasteiger partial charge in [0.1, 0.15) is 0 Å². The number of nitrogens with two attached hydrogens (primary N) is 1. The molecule has 0 unspecified atom stereocenters. The van der Waals surface area contributed by atoms with Gasteiger partial charge >= 0.3 is 0 Å². The standard InChI is InChI=1S/C11H16N4O2S2/c1-3-6-15-10(9-8(4-2)5-7-18-9)13-14-11(15)19(12,16)17/h5,7H,3-4,6H2,1-2H3,(H2,12,16,17). The number of hydrogen-bond donors (Lipinski definition) is 1. The fraction of sp³-hybridized carbons (Fsp3) is 0.455. The zero-order valence-corrected chi connectivity index (χ0v) is 12.5. The quantitative estimate of drug-likeness (QED) is 0.908. The summed E-state index contributed by atoms with van der Waals surface area (Å²) in [5.41, 5.74) is 1.13. The van der Waals surface area contributed by atoms with Crippen molar-refractivity contribution in [3.63, 3.8) is 0 Å². The Bertz CT molecular complexity index is 673. The maximum atomic E-state index is 11.5. The van der Waals surface area contributed by atoms with Gasteiger partial charge in [0, 0.05) is 6.54 Å². The number of rotatable bonds is 5. The largest absolute Gasteiger partial charge is 0.296 e. The molecular weight excluding hydrogens is 284 g/mol. The molecule has 19 heavy (non-hydrogen) atoms. The summed E-state index contributed by atoms with van der Waals surface area (Å²) in [5.74, 6) is 0.581. The normalized spacial score (nSPS) is 11.9. The average molecular weight is 300 g/mol. The number of primary sulfonamides is 1. The van der Waals surface area contributed by atoms with E-state index in [0.29, 0.717) is 12.4 Å². The van der Waals surface area contributed by atoms with Crippen LogP contribution in [0.3, 0.4) is 0 Å². The molecule has 0 atom stereocenters. The SMILES string of the molecule is CCCn1c(-c2sccc2CC)nnc1S(N)(=O)=O. The van der Waals surface area contributed by atoms with Gasteiger partial charge < -0.3 is 0 Å². The highest BCUT2D eigenvalue weighted by atomic mass is 32.2. The van der Waals surface area contributed by atoms with Crippen molar-refractivity contribution in [1.82, 2.24) is 14.8 Å². The first-order valence-electron chi connectivity index (χ1n) is 6.01. The fourth-order valence-electron chi connectivity index (χ4n) is 1.90. The minimum atomic E-state index is -3.85. The maximum absolute atomic E-state index is 11.5. The second-order valence-corrected chi connectivity index (χ2v) is 6.50. The van der Waals surface area contributed by atoms with Crippen molar-refractivity contribution < 1.29 is 8.42 Å². The van der Waals surface area contributed by atoms with Crippen LogP contribution in [0, 0.1) is 0 Å². The van der Waals surface area contributed by atoms with Crippen molar-refractivity contribution >= 4 is 21.4 Å². The molecule has 0 saturated carbocycles. The number of thiophene rings is 1. The van der Waals surface area contributed by atoms with E-state index in [1.807, 2.05) is 25.3 Å². The summed E-state index contributed by atoms with van der Waals surface area (Å²) < 4.78 is 24.6. The molecule has 0 saturated heterocycles. The molecule has 2 N–H and O–H groups in total. The Labute approximate surface area is 116 Å². The molecule has 2 aromatic heterocycles. The molecule has 8 heteroatoms. The van der Waals surface area contributed by atoms with E-state index in [0.717, 1.165) is 23.3 Å². The summed E-state index contributed by atoms with van der Waals surface area (Å²) >= 11 is 1.53.